The molecule has 0 saturated carbocycles. The summed E-state index contributed by atoms with van der Waals surface area (Å²) in [5.41, 5.74) is 1.42. The van der Waals surface area contributed by atoms with Crippen LogP contribution in [0.1, 0.15) is 5.69 Å². The third kappa shape index (κ3) is 4.63. The molecule has 1 saturated heterocycles. The van der Waals surface area contributed by atoms with Crippen molar-refractivity contribution in [1.29, 1.82) is 5.26 Å². The van der Waals surface area contributed by atoms with Gasteiger partial charge in [0.05, 0.1) is 19.0 Å². The number of ether oxygens (including phenoxy) is 2. The Kier molecular flexibility index (Phi) is 5.55. The molecule has 1 atom stereocenters. The Morgan fingerprint density at radius 1 is 1.34 bits per heavy atom. The molecule has 29 heavy (non-hydrogen) atoms. The number of aromatic nitrogens is 6. The molecule has 3 aromatic rings. The standard InChI is InChI=1S/C18H19N9O2/c1-27-4-2-14(26-27)18-15(29-11-13-9-20-3-5-28-13)6-16(24-25-18)23-17-10-21-12(7-19)8-22-17/h2,4,6,8,10,13,20H,3,5,9,11H2,1H3,(H,22,23,24). The number of morpholine rings is 1. The Hall–Kier alpha value is -3.62. The van der Waals surface area contributed by atoms with Crippen LogP contribution in [0.2, 0.25) is 0 Å². The second-order valence-corrected chi connectivity index (χ2v) is 6.35. The van der Waals surface area contributed by atoms with Gasteiger partial charge in [-0.3, -0.25) is 4.68 Å². The molecule has 0 bridgehead atoms. The van der Waals surface area contributed by atoms with Crippen LogP contribution in [0.25, 0.3) is 11.4 Å². The molecule has 0 radical (unpaired) electrons. The van der Waals surface area contributed by atoms with Gasteiger partial charge in [0.1, 0.15) is 30.3 Å². The van der Waals surface area contributed by atoms with E-state index in [-0.39, 0.29) is 11.8 Å². The van der Waals surface area contributed by atoms with E-state index in [0.717, 1.165) is 13.1 Å². The number of nitrogens with one attached hydrogen (secondary N) is 2. The van der Waals surface area contributed by atoms with Crippen LogP contribution < -0.4 is 15.4 Å². The molecule has 0 aliphatic carbocycles. The molecule has 1 aliphatic heterocycles. The second-order valence-electron chi connectivity index (χ2n) is 6.35. The number of rotatable bonds is 6. The zero-order chi connectivity index (χ0) is 20.1. The summed E-state index contributed by atoms with van der Waals surface area (Å²) in [5, 5.41) is 28.0. The largest absolute Gasteiger partial charge is 0.488 e. The molecule has 2 N–H and O–H groups in total. The van der Waals surface area contributed by atoms with Crippen molar-refractivity contribution in [1.82, 2.24) is 35.3 Å². The average molecular weight is 393 g/mol. The molecule has 11 nitrogen and oxygen atoms in total. The SMILES string of the molecule is Cn1ccc(-c2nnc(Nc3cnc(C#N)cn3)cc2OCC2CNCCO2)n1. The first kappa shape index (κ1) is 18.7. The van der Waals surface area contributed by atoms with Gasteiger partial charge in [-0.05, 0) is 6.07 Å². The Bertz CT molecular complexity index is 1010. The Morgan fingerprint density at radius 2 is 2.28 bits per heavy atom. The molecular weight excluding hydrogens is 374 g/mol. The molecule has 11 heteroatoms. The fraction of sp³-hybridized carbons (Fsp3) is 0.333. The number of anilines is 2. The Morgan fingerprint density at radius 3 is 2.97 bits per heavy atom. The number of nitriles is 1. The summed E-state index contributed by atoms with van der Waals surface area (Å²) >= 11 is 0. The summed E-state index contributed by atoms with van der Waals surface area (Å²) in [7, 11) is 1.83. The highest BCUT2D eigenvalue weighted by molar-refractivity contribution is 5.65. The normalized spacial score (nSPS) is 16.2. The lowest BCUT2D eigenvalue weighted by atomic mass is 10.2. The summed E-state index contributed by atoms with van der Waals surface area (Å²) in [4.78, 5) is 8.11. The van der Waals surface area contributed by atoms with E-state index in [4.69, 9.17) is 14.7 Å². The molecular formula is C18H19N9O2. The van der Waals surface area contributed by atoms with E-state index in [0.29, 0.717) is 42.0 Å². The van der Waals surface area contributed by atoms with Gasteiger partial charge < -0.3 is 20.1 Å². The van der Waals surface area contributed by atoms with Gasteiger partial charge in [0.15, 0.2) is 23.0 Å². The van der Waals surface area contributed by atoms with Crippen LogP contribution in [0, 0.1) is 11.3 Å². The number of hydrogen-bond donors (Lipinski definition) is 2. The third-order valence-corrected chi connectivity index (χ3v) is 4.17. The topological polar surface area (TPSA) is 136 Å². The lowest BCUT2D eigenvalue weighted by Gasteiger charge is -2.24. The van der Waals surface area contributed by atoms with Gasteiger partial charge in [0.25, 0.3) is 0 Å². The fourth-order valence-electron chi connectivity index (χ4n) is 2.76. The van der Waals surface area contributed by atoms with Crippen LogP contribution in [0.5, 0.6) is 5.75 Å². The van der Waals surface area contributed by atoms with Crippen molar-refractivity contribution >= 4 is 11.6 Å². The quantitative estimate of drug-likeness (QED) is 0.614. The van der Waals surface area contributed by atoms with Crippen molar-refractivity contribution < 1.29 is 9.47 Å². The van der Waals surface area contributed by atoms with Crippen LogP contribution in [0.3, 0.4) is 0 Å². The second kappa shape index (κ2) is 8.59. The van der Waals surface area contributed by atoms with E-state index in [2.05, 4.69) is 35.9 Å². The van der Waals surface area contributed by atoms with E-state index in [9.17, 15) is 0 Å². The lowest BCUT2D eigenvalue weighted by Crippen LogP contribution is -2.41. The molecule has 0 spiro atoms. The molecule has 1 fully saturated rings. The van der Waals surface area contributed by atoms with Crippen LogP contribution in [0.4, 0.5) is 11.6 Å². The van der Waals surface area contributed by atoms with Gasteiger partial charge in [-0.25, -0.2) is 9.97 Å². The molecule has 4 heterocycles. The third-order valence-electron chi connectivity index (χ3n) is 4.17. The van der Waals surface area contributed by atoms with Crippen molar-refractivity contribution in [2.75, 3.05) is 31.6 Å². The monoisotopic (exact) mass is 393 g/mol. The first-order valence-electron chi connectivity index (χ1n) is 9.03. The van der Waals surface area contributed by atoms with Crippen molar-refractivity contribution in [3.8, 4) is 23.2 Å². The first-order valence-corrected chi connectivity index (χ1v) is 9.03. The highest BCUT2D eigenvalue weighted by Gasteiger charge is 2.18. The number of aryl methyl sites for hydroxylation is 1. The van der Waals surface area contributed by atoms with Gasteiger partial charge in [-0.1, -0.05) is 0 Å². The van der Waals surface area contributed by atoms with E-state index in [1.54, 1.807) is 10.7 Å². The minimum Gasteiger partial charge on any atom is -0.488 e. The summed E-state index contributed by atoms with van der Waals surface area (Å²) in [6.07, 6.45) is 4.61. The van der Waals surface area contributed by atoms with Crippen molar-refractivity contribution in [2.45, 2.75) is 6.10 Å². The average Bonchev–Trinajstić information content (AvgIpc) is 3.20. The maximum atomic E-state index is 8.83. The van der Waals surface area contributed by atoms with Gasteiger partial charge in [-0.2, -0.15) is 10.4 Å². The van der Waals surface area contributed by atoms with E-state index in [1.807, 2.05) is 25.4 Å². The number of hydrogen-bond acceptors (Lipinski definition) is 10. The van der Waals surface area contributed by atoms with Crippen LogP contribution in [0.15, 0.2) is 30.7 Å². The molecule has 3 aromatic heterocycles. The molecule has 0 aromatic carbocycles. The van der Waals surface area contributed by atoms with E-state index >= 15 is 0 Å². The van der Waals surface area contributed by atoms with E-state index in [1.165, 1.54) is 12.4 Å². The van der Waals surface area contributed by atoms with Gasteiger partial charge in [0.2, 0.25) is 0 Å². The van der Waals surface area contributed by atoms with Crippen molar-refractivity contribution in [2.24, 2.45) is 7.05 Å². The summed E-state index contributed by atoms with van der Waals surface area (Å²) in [5.74, 6) is 1.40. The van der Waals surface area contributed by atoms with Crippen molar-refractivity contribution in [3.05, 3.63) is 36.4 Å². The zero-order valence-corrected chi connectivity index (χ0v) is 15.7. The van der Waals surface area contributed by atoms with Crippen LogP contribution >= 0.6 is 0 Å². The highest BCUT2D eigenvalue weighted by atomic mass is 16.5. The van der Waals surface area contributed by atoms with E-state index < -0.39 is 0 Å². The molecule has 0 amide bonds. The maximum Gasteiger partial charge on any atom is 0.158 e. The minimum atomic E-state index is -0.0469. The van der Waals surface area contributed by atoms with Crippen molar-refractivity contribution in [3.63, 3.8) is 0 Å². The molecule has 4 rings (SSSR count). The summed E-state index contributed by atoms with van der Waals surface area (Å²) in [6, 6.07) is 5.50. The molecule has 1 unspecified atom stereocenters. The summed E-state index contributed by atoms with van der Waals surface area (Å²) < 4.78 is 13.4. The molecule has 148 valence electrons. The fourth-order valence-corrected chi connectivity index (χ4v) is 2.76. The number of nitrogens with zero attached hydrogens (tertiary/aromatic N) is 7. The van der Waals surface area contributed by atoms with Gasteiger partial charge in [0, 0.05) is 32.4 Å². The Balaban J connectivity index is 1.57. The smallest absolute Gasteiger partial charge is 0.158 e. The molecule has 1 aliphatic rings. The summed E-state index contributed by atoms with van der Waals surface area (Å²) in [6.45, 7) is 2.59. The highest BCUT2D eigenvalue weighted by Crippen LogP contribution is 2.29. The van der Waals surface area contributed by atoms with Gasteiger partial charge in [-0.15, -0.1) is 10.2 Å². The lowest BCUT2D eigenvalue weighted by molar-refractivity contribution is 0.000239. The minimum absolute atomic E-state index is 0.0469. The predicted molar refractivity (Wildman–Crippen MR) is 102 cm³/mol. The zero-order valence-electron chi connectivity index (χ0n) is 15.7. The maximum absolute atomic E-state index is 8.83. The predicted octanol–water partition coefficient (Wildman–Crippen LogP) is 0.650. The van der Waals surface area contributed by atoms with Gasteiger partial charge >= 0.3 is 0 Å². The van der Waals surface area contributed by atoms with Crippen LogP contribution in [-0.2, 0) is 11.8 Å². The first-order chi connectivity index (χ1) is 14.2. The van der Waals surface area contributed by atoms with Crippen LogP contribution in [-0.4, -0.2) is 62.4 Å². The Labute approximate surface area is 166 Å².